The number of anilines is 1. The molecule has 96 valence electrons. The van der Waals surface area contributed by atoms with Gasteiger partial charge in [-0.25, -0.2) is 4.39 Å². The van der Waals surface area contributed by atoms with Gasteiger partial charge in [0.2, 0.25) is 5.91 Å². The molecule has 0 fully saturated rings. The van der Waals surface area contributed by atoms with E-state index >= 15 is 0 Å². The summed E-state index contributed by atoms with van der Waals surface area (Å²) in [5.74, 6) is -0.577. The van der Waals surface area contributed by atoms with Crippen molar-refractivity contribution < 1.29 is 13.9 Å². The van der Waals surface area contributed by atoms with Crippen molar-refractivity contribution in [1.82, 2.24) is 5.32 Å². The largest absolute Gasteiger partial charge is 0.383 e. The van der Waals surface area contributed by atoms with Crippen LogP contribution in [0.3, 0.4) is 0 Å². The van der Waals surface area contributed by atoms with Crippen LogP contribution in [0.25, 0.3) is 0 Å². The summed E-state index contributed by atoms with van der Waals surface area (Å²) in [5, 5.41) is 5.47. The van der Waals surface area contributed by atoms with Gasteiger partial charge in [-0.15, -0.1) is 12.4 Å². The molecule has 0 aliphatic heterocycles. The van der Waals surface area contributed by atoms with E-state index in [0.29, 0.717) is 18.8 Å². The summed E-state index contributed by atoms with van der Waals surface area (Å²) in [4.78, 5) is 11.4. The number of nitrogens with one attached hydrogen (secondary N) is 2. The number of hydrogen-bond donors (Lipinski definition) is 2. The second kappa shape index (κ2) is 8.92. The maximum Gasteiger partial charge on any atom is 0.238 e. The zero-order valence-electron chi connectivity index (χ0n) is 9.53. The first kappa shape index (κ1) is 15.8. The Bertz CT molecular complexity index is 350. The molecule has 0 radical (unpaired) electrons. The van der Waals surface area contributed by atoms with E-state index in [1.54, 1.807) is 19.2 Å². The van der Waals surface area contributed by atoms with Gasteiger partial charge in [0.25, 0.3) is 0 Å². The molecule has 0 spiro atoms. The van der Waals surface area contributed by atoms with Crippen LogP contribution in [0.15, 0.2) is 24.3 Å². The molecule has 0 unspecified atom stereocenters. The predicted octanol–water partition coefficient (Wildman–Crippen LogP) is 1.42. The van der Waals surface area contributed by atoms with Gasteiger partial charge < -0.3 is 15.4 Å². The number of halogens is 2. The van der Waals surface area contributed by atoms with Gasteiger partial charge in [-0.2, -0.15) is 0 Å². The third-order valence-corrected chi connectivity index (χ3v) is 1.88. The summed E-state index contributed by atoms with van der Waals surface area (Å²) >= 11 is 0. The Morgan fingerprint density at radius 2 is 2.24 bits per heavy atom. The van der Waals surface area contributed by atoms with E-state index in [1.165, 1.54) is 12.1 Å². The lowest BCUT2D eigenvalue weighted by Crippen LogP contribution is -2.30. The molecule has 17 heavy (non-hydrogen) atoms. The van der Waals surface area contributed by atoms with Crippen molar-refractivity contribution in [2.24, 2.45) is 0 Å². The minimum absolute atomic E-state index is 0. The van der Waals surface area contributed by atoms with Gasteiger partial charge in [0.15, 0.2) is 0 Å². The molecular weight excluding hydrogens is 247 g/mol. The van der Waals surface area contributed by atoms with Gasteiger partial charge in [-0.05, 0) is 18.2 Å². The number of amides is 1. The van der Waals surface area contributed by atoms with E-state index in [2.05, 4.69) is 10.6 Å². The average Bonchev–Trinajstić information content (AvgIpc) is 2.24. The first-order valence-electron chi connectivity index (χ1n) is 4.97. The van der Waals surface area contributed by atoms with Crippen LogP contribution < -0.4 is 10.6 Å². The van der Waals surface area contributed by atoms with E-state index in [-0.39, 0.29) is 30.7 Å². The fourth-order valence-corrected chi connectivity index (χ4v) is 1.15. The lowest BCUT2D eigenvalue weighted by molar-refractivity contribution is -0.115. The molecular formula is C11H16ClFN2O2. The first-order chi connectivity index (χ1) is 7.72. The lowest BCUT2D eigenvalue weighted by atomic mass is 10.3. The van der Waals surface area contributed by atoms with Gasteiger partial charge in [-0.3, -0.25) is 4.79 Å². The van der Waals surface area contributed by atoms with Gasteiger partial charge >= 0.3 is 0 Å². The second-order valence-electron chi connectivity index (χ2n) is 3.23. The summed E-state index contributed by atoms with van der Waals surface area (Å²) in [6.07, 6.45) is 0. The van der Waals surface area contributed by atoms with Crippen molar-refractivity contribution >= 4 is 24.0 Å². The van der Waals surface area contributed by atoms with Crippen LogP contribution in [0.4, 0.5) is 10.1 Å². The maximum atomic E-state index is 12.8. The Hall–Kier alpha value is -1.17. The predicted molar refractivity (Wildman–Crippen MR) is 67.0 cm³/mol. The number of methoxy groups -OCH3 is 1. The summed E-state index contributed by atoms with van der Waals surface area (Å²) in [5.41, 5.74) is 0.457. The van der Waals surface area contributed by atoms with Crippen LogP contribution in [0, 0.1) is 5.82 Å². The molecule has 1 rings (SSSR count). The molecule has 0 atom stereocenters. The Balaban J connectivity index is 0.00000256. The lowest BCUT2D eigenvalue weighted by Gasteiger charge is -2.06. The van der Waals surface area contributed by atoms with E-state index in [9.17, 15) is 9.18 Å². The Labute approximate surface area is 106 Å². The molecule has 0 aliphatic carbocycles. The van der Waals surface area contributed by atoms with Crippen molar-refractivity contribution in [2.45, 2.75) is 0 Å². The van der Waals surface area contributed by atoms with Crippen LogP contribution >= 0.6 is 12.4 Å². The van der Waals surface area contributed by atoms with E-state index in [0.717, 1.165) is 0 Å². The van der Waals surface area contributed by atoms with Crippen molar-refractivity contribution in [2.75, 3.05) is 32.1 Å². The quantitative estimate of drug-likeness (QED) is 0.763. The highest BCUT2D eigenvalue weighted by Crippen LogP contribution is 2.08. The fourth-order valence-electron chi connectivity index (χ4n) is 1.15. The third-order valence-electron chi connectivity index (χ3n) is 1.88. The highest BCUT2D eigenvalue weighted by atomic mass is 35.5. The number of carbonyl (C=O) groups is 1. The van der Waals surface area contributed by atoms with Crippen molar-refractivity contribution in [1.29, 1.82) is 0 Å². The highest BCUT2D eigenvalue weighted by Gasteiger charge is 2.01. The number of rotatable bonds is 6. The maximum absolute atomic E-state index is 12.8. The van der Waals surface area contributed by atoms with Gasteiger partial charge in [0.1, 0.15) is 5.82 Å². The Morgan fingerprint density at radius 1 is 1.47 bits per heavy atom. The summed E-state index contributed by atoms with van der Waals surface area (Å²) in [6, 6.07) is 5.78. The number of hydrogen-bond acceptors (Lipinski definition) is 3. The van der Waals surface area contributed by atoms with Crippen molar-refractivity contribution in [3.05, 3.63) is 30.1 Å². The molecule has 0 saturated heterocycles. The number of carbonyl (C=O) groups excluding carboxylic acids is 1. The fraction of sp³-hybridized carbons (Fsp3) is 0.364. The summed E-state index contributed by atoms with van der Waals surface area (Å²) < 4.78 is 17.6. The first-order valence-corrected chi connectivity index (χ1v) is 4.97. The monoisotopic (exact) mass is 262 g/mol. The van der Waals surface area contributed by atoms with Gasteiger partial charge in [0.05, 0.1) is 13.2 Å². The van der Waals surface area contributed by atoms with Crippen LogP contribution in [0.2, 0.25) is 0 Å². The zero-order valence-corrected chi connectivity index (χ0v) is 10.3. The average molecular weight is 263 g/mol. The Kier molecular flexibility index (Phi) is 8.31. The minimum Gasteiger partial charge on any atom is -0.383 e. The van der Waals surface area contributed by atoms with E-state index in [4.69, 9.17) is 4.74 Å². The van der Waals surface area contributed by atoms with Crippen LogP contribution in [0.5, 0.6) is 0 Å². The molecule has 1 amide bonds. The molecule has 0 saturated carbocycles. The minimum atomic E-state index is -0.370. The molecule has 2 N–H and O–H groups in total. The van der Waals surface area contributed by atoms with Gasteiger partial charge in [-0.1, -0.05) is 6.07 Å². The van der Waals surface area contributed by atoms with Crippen molar-refractivity contribution in [3.63, 3.8) is 0 Å². The number of ether oxygens (including phenoxy) is 1. The molecule has 0 heterocycles. The topological polar surface area (TPSA) is 50.4 Å². The van der Waals surface area contributed by atoms with E-state index in [1.807, 2.05) is 0 Å². The Morgan fingerprint density at radius 3 is 2.88 bits per heavy atom. The molecule has 6 heteroatoms. The highest BCUT2D eigenvalue weighted by molar-refractivity contribution is 5.92. The van der Waals surface area contributed by atoms with E-state index < -0.39 is 0 Å². The summed E-state index contributed by atoms with van der Waals surface area (Å²) in [6.45, 7) is 1.33. The summed E-state index contributed by atoms with van der Waals surface area (Å²) in [7, 11) is 1.59. The normalized spacial score (nSPS) is 9.53. The molecule has 1 aromatic rings. The second-order valence-corrected chi connectivity index (χ2v) is 3.23. The molecule has 1 aromatic carbocycles. The van der Waals surface area contributed by atoms with Crippen LogP contribution in [-0.2, 0) is 9.53 Å². The number of benzene rings is 1. The van der Waals surface area contributed by atoms with Crippen molar-refractivity contribution in [3.8, 4) is 0 Å². The van der Waals surface area contributed by atoms with Crippen LogP contribution in [0.1, 0.15) is 0 Å². The molecule has 0 bridgehead atoms. The zero-order chi connectivity index (χ0) is 11.8. The molecule has 4 nitrogen and oxygen atoms in total. The van der Waals surface area contributed by atoms with Crippen LogP contribution in [-0.4, -0.2) is 32.7 Å². The molecule has 0 aromatic heterocycles. The third kappa shape index (κ3) is 6.88. The standard InChI is InChI=1S/C11H15FN2O2.ClH/c1-16-6-5-13-8-11(15)14-10-4-2-3-9(12)7-10;/h2-4,7,13H,5-6,8H2,1H3,(H,14,15);1H. The SMILES string of the molecule is COCCNCC(=O)Nc1cccc(F)c1.Cl. The molecule has 0 aliphatic rings. The smallest absolute Gasteiger partial charge is 0.238 e. The van der Waals surface area contributed by atoms with Gasteiger partial charge in [0, 0.05) is 19.3 Å².